The summed E-state index contributed by atoms with van der Waals surface area (Å²) in [4.78, 5) is 9.31. The third-order valence-corrected chi connectivity index (χ3v) is 4.78. The van der Waals surface area contributed by atoms with Crippen LogP contribution >= 0.6 is 0 Å². The highest BCUT2D eigenvalue weighted by atomic mass is 16.5. The van der Waals surface area contributed by atoms with E-state index >= 15 is 0 Å². The molecule has 0 N–H and O–H groups in total. The zero-order chi connectivity index (χ0) is 14.7. The fourth-order valence-electron chi connectivity index (χ4n) is 3.45. The number of aryl methyl sites for hydroxylation is 1. The van der Waals surface area contributed by atoms with Gasteiger partial charge >= 0.3 is 0 Å². The minimum absolute atomic E-state index is 0.622. The quantitative estimate of drug-likeness (QED) is 0.829. The lowest BCUT2D eigenvalue weighted by atomic mass is 10.00. The molecule has 5 heteroatoms. The lowest BCUT2D eigenvalue weighted by molar-refractivity contribution is 0.0545. The molecule has 1 aromatic rings. The molecule has 2 aliphatic heterocycles. The maximum Gasteiger partial charge on any atom is 0.208 e. The van der Waals surface area contributed by atoms with Crippen LogP contribution in [0.3, 0.4) is 0 Å². The number of rotatable bonds is 5. The first-order chi connectivity index (χ1) is 10.2. The first kappa shape index (κ1) is 15.0. The second-order valence-electron chi connectivity index (χ2n) is 6.54. The van der Waals surface area contributed by atoms with E-state index in [2.05, 4.69) is 21.8 Å². The predicted molar refractivity (Wildman–Crippen MR) is 81.1 cm³/mol. The fraction of sp³-hybridized carbons (Fsp3) is 0.812. The molecule has 0 saturated carbocycles. The van der Waals surface area contributed by atoms with Crippen LogP contribution in [0.5, 0.6) is 0 Å². The van der Waals surface area contributed by atoms with Crippen molar-refractivity contribution in [2.45, 2.75) is 38.8 Å². The molecule has 0 aromatic carbocycles. The van der Waals surface area contributed by atoms with Crippen molar-refractivity contribution in [2.75, 3.05) is 39.9 Å². The third-order valence-electron chi connectivity index (χ3n) is 4.78. The van der Waals surface area contributed by atoms with Gasteiger partial charge in [-0.15, -0.1) is 0 Å². The van der Waals surface area contributed by atoms with Crippen molar-refractivity contribution in [3.8, 4) is 0 Å². The highest BCUT2D eigenvalue weighted by molar-refractivity contribution is 4.92. The van der Waals surface area contributed by atoms with E-state index in [1.54, 1.807) is 6.20 Å². The standard InChI is InChI=1S/C16H27N3O2/c1-13-9-17-16(21-13)12-18(2)15-3-6-19(11-15)10-14-4-7-20-8-5-14/h9,14-15H,3-8,10-12H2,1-2H3/t15-/m0/s1. The molecular formula is C16H27N3O2. The van der Waals surface area contributed by atoms with E-state index in [-0.39, 0.29) is 0 Å². The number of ether oxygens (including phenoxy) is 1. The van der Waals surface area contributed by atoms with Gasteiger partial charge in [-0.3, -0.25) is 4.90 Å². The number of oxazole rings is 1. The minimum Gasteiger partial charge on any atom is -0.445 e. The summed E-state index contributed by atoms with van der Waals surface area (Å²) in [6.45, 7) is 8.29. The van der Waals surface area contributed by atoms with Gasteiger partial charge in [-0.05, 0) is 45.7 Å². The monoisotopic (exact) mass is 293 g/mol. The normalized spacial score (nSPS) is 25.0. The summed E-state index contributed by atoms with van der Waals surface area (Å²) in [6, 6.07) is 0.622. The average molecular weight is 293 g/mol. The van der Waals surface area contributed by atoms with Crippen molar-refractivity contribution < 1.29 is 9.15 Å². The number of hydrogen-bond donors (Lipinski definition) is 0. The first-order valence-corrected chi connectivity index (χ1v) is 8.12. The zero-order valence-corrected chi connectivity index (χ0v) is 13.3. The second-order valence-corrected chi connectivity index (χ2v) is 6.54. The van der Waals surface area contributed by atoms with Crippen LogP contribution in [0.15, 0.2) is 10.6 Å². The van der Waals surface area contributed by atoms with Gasteiger partial charge in [0.15, 0.2) is 0 Å². The van der Waals surface area contributed by atoms with Crippen molar-refractivity contribution in [3.05, 3.63) is 17.8 Å². The molecule has 5 nitrogen and oxygen atoms in total. The Balaban J connectivity index is 1.44. The van der Waals surface area contributed by atoms with Crippen LogP contribution < -0.4 is 0 Å². The molecule has 3 heterocycles. The molecule has 0 radical (unpaired) electrons. The predicted octanol–water partition coefficient (Wildman–Crippen LogP) is 1.92. The number of likely N-dealkylation sites (tertiary alicyclic amines) is 1. The molecule has 2 saturated heterocycles. The molecule has 21 heavy (non-hydrogen) atoms. The highest BCUT2D eigenvalue weighted by Crippen LogP contribution is 2.21. The van der Waals surface area contributed by atoms with Gasteiger partial charge in [0.25, 0.3) is 0 Å². The number of hydrogen-bond acceptors (Lipinski definition) is 5. The van der Waals surface area contributed by atoms with E-state index in [1.807, 2.05) is 6.92 Å². The van der Waals surface area contributed by atoms with Gasteiger partial charge in [0, 0.05) is 32.3 Å². The molecule has 118 valence electrons. The first-order valence-electron chi connectivity index (χ1n) is 8.12. The van der Waals surface area contributed by atoms with Crippen LogP contribution in [0.1, 0.15) is 30.9 Å². The summed E-state index contributed by atoms with van der Waals surface area (Å²) >= 11 is 0. The number of aromatic nitrogens is 1. The van der Waals surface area contributed by atoms with Crippen molar-refractivity contribution in [1.82, 2.24) is 14.8 Å². The summed E-state index contributed by atoms with van der Waals surface area (Å²) in [6.07, 6.45) is 5.51. The van der Waals surface area contributed by atoms with Crippen LogP contribution in [0, 0.1) is 12.8 Å². The zero-order valence-electron chi connectivity index (χ0n) is 13.3. The van der Waals surface area contributed by atoms with E-state index < -0.39 is 0 Å². The van der Waals surface area contributed by atoms with E-state index in [0.717, 1.165) is 37.3 Å². The molecular weight excluding hydrogens is 266 g/mol. The summed E-state index contributed by atoms with van der Waals surface area (Å²) in [5.74, 6) is 2.56. The Kier molecular flexibility index (Phi) is 4.93. The van der Waals surface area contributed by atoms with Gasteiger partial charge in [0.05, 0.1) is 12.7 Å². The molecule has 2 fully saturated rings. The van der Waals surface area contributed by atoms with Gasteiger partial charge in [-0.2, -0.15) is 0 Å². The summed E-state index contributed by atoms with van der Waals surface area (Å²) in [5.41, 5.74) is 0. The maximum atomic E-state index is 5.58. The number of nitrogens with zero attached hydrogens (tertiary/aromatic N) is 3. The summed E-state index contributed by atoms with van der Waals surface area (Å²) < 4.78 is 11.0. The Bertz CT molecular complexity index is 442. The Morgan fingerprint density at radius 3 is 2.86 bits per heavy atom. The average Bonchev–Trinajstić information content (AvgIpc) is 3.09. The smallest absolute Gasteiger partial charge is 0.208 e. The van der Waals surface area contributed by atoms with Crippen molar-refractivity contribution >= 4 is 0 Å². The Morgan fingerprint density at radius 1 is 1.33 bits per heavy atom. The molecule has 0 bridgehead atoms. The Labute approximate surface area is 127 Å². The Morgan fingerprint density at radius 2 is 2.14 bits per heavy atom. The SMILES string of the molecule is Cc1cnc(CN(C)[C@H]2CCN(CC3CCOCC3)C2)o1. The van der Waals surface area contributed by atoms with Gasteiger partial charge < -0.3 is 14.1 Å². The van der Waals surface area contributed by atoms with Gasteiger partial charge in [0.1, 0.15) is 5.76 Å². The van der Waals surface area contributed by atoms with Gasteiger partial charge in [-0.1, -0.05) is 0 Å². The van der Waals surface area contributed by atoms with Crippen LogP contribution in [-0.4, -0.2) is 60.7 Å². The molecule has 1 aromatic heterocycles. The molecule has 2 aliphatic rings. The van der Waals surface area contributed by atoms with Crippen LogP contribution in [0.4, 0.5) is 0 Å². The van der Waals surface area contributed by atoms with E-state index in [9.17, 15) is 0 Å². The van der Waals surface area contributed by atoms with Crippen LogP contribution in [-0.2, 0) is 11.3 Å². The molecule has 0 aliphatic carbocycles. The maximum absolute atomic E-state index is 5.58. The van der Waals surface area contributed by atoms with E-state index in [0.29, 0.717) is 6.04 Å². The van der Waals surface area contributed by atoms with E-state index in [4.69, 9.17) is 9.15 Å². The molecule has 0 spiro atoms. The summed E-state index contributed by atoms with van der Waals surface area (Å²) in [5, 5.41) is 0. The van der Waals surface area contributed by atoms with Gasteiger partial charge in [-0.25, -0.2) is 4.98 Å². The Hall–Kier alpha value is -0.910. The van der Waals surface area contributed by atoms with E-state index in [1.165, 1.54) is 38.9 Å². The summed E-state index contributed by atoms with van der Waals surface area (Å²) in [7, 11) is 2.18. The lowest BCUT2D eigenvalue weighted by Gasteiger charge is -2.28. The molecule has 0 unspecified atom stereocenters. The van der Waals surface area contributed by atoms with Crippen molar-refractivity contribution in [1.29, 1.82) is 0 Å². The van der Waals surface area contributed by atoms with Gasteiger partial charge in [0.2, 0.25) is 5.89 Å². The molecule has 3 rings (SSSR count). The van der Waals surface area contributed by atoms with Crippen molar-refractivity contribution in [2.24, 2.45) is 5.92 Å². The molecule has 1 atom stereocenters. The number of likely N-dealkylation sites (N-methyl/N-ethyl adjacent to an activating group) is 1. The largest absolute Gasteiger partial charge is 0.445 e. The minimum atomic E-state index is 0.622. The third kappa shape index (κ3) is 4.05. The second kappa shape index (κ2) is 6.90. The topological polar surface area (TPSA) is 41.7 Å². The van der Waals surface area contributed by atoms with Crippen LogP contribution in [0.25, 0.3) is 0 Å². The lowest BCUT2D eigenvalue weighted by Crippen LogP contribution is -2.36. The highest BCUT2D eigenvalue weighted by Gasteiger charge is 2.28. The fourth-order valence-corrected chi connectivity index (χ4v) is 3.45. The van der Waals surface area contributed by atoms with Crippen LogP contribution in [0.2, 0.25) is 0 Å². The van der Waals surface area contributed by atoms with Crippen molar-refractivity contribution in [3.63, 3.8) is 0 Å². The molecule has 0 amide bonds.